The zero-order valence-corrected chi connectivity index (χ0v) is 17.1. The van der Waals surface area contributed by atoms with Crippen LogP contribution in [0.2, 0.25) is 0 Å². The fourth-order valence-corrected chi connectivity index (χ4v) is 4.39. The Kier molecular flexibility index (Phi) is 4.42. The molecule has 0 amide bonds. The molecule has 0 radical (unpaired) electrons. The van der Waals surface area contributed by atoms with Gasteiger partial charge in [-0.15, -0.1) is 0 Å². The number of hydrogen-bond acceptors (Lipinski definition) is 5. The lowest BCUT2D eigenvalue weighted by Gasteiger charge is -2.28. The average Bonchev–Trinajstić information content (AvgIpc) is 3.40. The monoisotopic (exact) mass is 448 g/mol. The summed E-state index contributed by atoms with van der Waals surface area (Å²) in [7, 11) is 0. The Morgan fingerprint density at radius 1 is 1.10 bits per heavy atom. The van der Waals surface area contributed by atoms with Crippen LogP contribution in [0, 0.1) is 11.3 Å². The summed E-state index contributed by atoms with van der Waals surface area (Å²) in [4.78, 5) is 19.4. The molecular weight excluding hydrogens is 432 g/mol. The standard InChI is InChI=1S/C21H17BrN6O/c22-16-7-8-18-17(11-16)19(29)25-21-27(18)13-24-28(21)20(26-9-1-2-10-26)15-5-3-14(12-23)4-6-15/h3-8,11,13,20H,1-2,9-10H2. The van der Waals surface area contributed by atoms with Crippen molar-refractivity contribution < 1.29 is 0 Å². The van der Waals surface area contributed by atoms with E-state index in [0.29, 0.717) is 16.7 Å². The van der Waals surface area contributed by atoms with E-state index in [1.807, 2.05) is 45.5 Å². The lowest BCUT2D eigenvalue weighted by atomic mass is 10.1. The van der Waals surface area contributed by atoms with Gasteiger partial charge < -0.3 is 0 Å². The number of likely N-dealkylation sites (tertiary alicyclic amines) is 1. The lowest BCUT2D eigenvalue weighted by molar-refractivity contribution is 0.203. The highest BCUT2D eigenvalue weighted by Crippen LogP contribution is 2.28. The first-order chi connectivity index (χ1) is 14.2. The number of rotatable bonds is 3. The molecule has 1 atom stereocenters. The Morgan fingerprint density at radius 3 is 2.59 bits per heavy atom. The van der Waals surface area contributed by atoms with E-state index in [4.69, 9.17) is 5.26 Å². The molecule has 1 saturated heterocycles. The van der Waals surface area contributed by atoms with Gasteiger partial charge in [-0.25, -0.2) is 4.68 Å². The third-order valence-corrected chi connectivity index (χ3v) is 5.91. The normalized spacial score (nSPS) is 15.7. The van der Waals surface area contributed by atoms with Crippen LogP contribution >= 0.6 is 15.9 Å². The Bertz CT molecular complexity index is 1310. The van der Waals surface area contributed by atoms with Gasteiger partial charge in [0.1, 0.15) is 12.5 Å². The van der Waals surface area contributed by atoms with Crippen molar-refractivity contribution in [3.8, 4) is 6.07 Å². The van der Waals surface area contributed by atoms with Gasteiger partial charge in [0.2, 0.25) is 5.78 Å². The number of nitriles is 1. The molecule has 2 aromatic heterocycles. The largest absolute Gasteiger partial charge is 0.282 e. The minimum absolute atomic E-state index is 0.185. The van der Waals surface area contributed by atoms with Gasteiger partial charge in [0, 0.05) is 17.6 Å². The fourth-order valence-electron chi connectivity index (χ4n) is 4.03. The summed E-state index contributed by atoms with van der Waals surface area (Å²) in [5, 5.41) is 14.3. The maximum Gasteiger partial charge on any atom is 0.282 e. The summed E-state index contributed by atoms with van der Waals surface area (Å²) in [6.45, 7) is 1.89. The predicted octanol–water partition coefficient (Wildman–Crippen LogP) is 3.32. The lowest BCUT2D eigenvalue weighted by Crippen LogP contribution is -2.32. The quantitative estimate of drug-likeness (QED) is 0.480. The summed E-state index contributed by atoms with van der Waals surface area (Å²) in [6.07, 6.45) is 3.77. The smallest absolute Gasteiger partial charge is 0.278 e. The van der Waals surface area contributed by atoms with Crippen molar-refractivity contribution >= 4 is 32.6 Å². The molecule has 5 rings (SSSR count). The van der Waals surface area contributed by atoms with Crippen LogP contribution < -0.4 is 5.56 Å². The summed E-state index contributed by atoms with van der Waals surface area (Å²) < 4.78 is 4.51. The number of nitrogens with zero attached hydrogens (tertiary/aromatic N) is 6. The molecule has 0 saturated carbocycles. The first kappa shape index (κ1) is 18.0. The highest BCUT2D eigenvalue weighted by Gasteiger charge is 2.28. The molecule has 1 aliphatic heterocycles. The van der Waals surface area contributed by atoms with E-state index >= 15 is 0 Å². The van der Waals surface area contributed by atoms with Crippen LogP contribution in [0.15, 0.2) is 58.1 Å². The summed E-state index contributed by atoms with van der Waals surface area (Å²) in [6, 6.07) is 15.3. The van der Waals surface area contributed by atoms with Crippen molar-refractivity contribution in [2.75, 3.05) is 13.1 Å². The van der Waals surface area contributed by atoms with Crippen LogP contribution in [0.25, 0.3) is 16.7 Å². The second-order valence-corrected chi connectivity index (χ2v) is 8.09. The molecule has 1 unspecified atom stereocenters. The molecule has 8 heteroatoms. The molecule has 144 valence electrons. The molecule has 4 aromatic rings. The highest BCUT2D eigenvalue weighted by atomic mass is 79.9. The molecule has 0 N–H and O–H groups in total. The summed E-state index contributed by atoms with van der Waals surface area (Å²) >= 11 is 3.42. The molecule has 7 nitrogen and oxygen atoms in total. The van der Waals surface area contributed by atoms with Crippen LogP contribution in [0.4, 0.5) is 0 Å². The van der Waals surface area contributed by atoms with Crippen LogP contribution in [0.5, 0.6) is 0 Å². The second kappa shape index (κ2) is 7.10. The molecule has 0 aliphatic carbocycles. The van der Waals surface area contributed by atoms with Gasteiger partial charge in [-0.2, -0.15) is 15.3 Å². The van der Waals surface area contributed by atoms with Crippen molar-refractivity contribution in [2.45, 2.75) is 19.0 Å². The van der Waals surface area contributed by atoms with E-state index in [2.05, 4.69) is 37.0 Å². The van der Waals surface area contributed by atoms with Crippen LogP contribution in [0.1, 0.15) is 30.1 Å². The first-order valence-corrected chi connectivity index (χ1v) is 10.2. The number of fused-ring (bicyclic) bond motifs is 3. The molecule has 0 spiro atoms. The van der Waals surface area contributed by atoms with Crippen LogP contribution in [-0.4, -0.2) is 37.2 Å². The molecule has 2 aromatic carbocycles. The van der Waals surface area contributed by atoms with Crippen molar-refractivity contribution in [1.29, 1.82) is 5.26 Å². The average molecular weight is 449 g/mol. The Hall–Kier alpha value is -3.02. The molecular formula is C21H17BrN6O. The minimum atomic E-state index is -0.275. The Labute approximate surface area is 174 Å². The van der Waals surface area contributed by atoms with Gasteiger partial charge in [0.15, 0.2) is 0 Å². The second-order valence-electron chi connectivity index (χ2n) is 7.17. The third kappa shape index (κ3) is 3.03. The van der Waals surface area contributed by atoms with Crippen molar-refractivity contribution in [2.24, 2.45) is 0 Å². The van der Waals surface area contributed by atoms with E-state index in [1.54, 1.807) is 12.4 Å². The number of aromatic nitrogens is 4. The first-order valence-electron chi connectivity index (χ1n) is 9.45. The molecule has 29 heavy (non-hydrogen) atoms. The van der Waals surface area contributed by atoms with E-state index < -0.39 is 0 Å². The zero-order chi connectivity index (χ0) is 20.0. The molecule has 1 aliphatic rings. The Morgan fingerprint density at radius 2 is 1.86 bits per heavy atom. The van der Waals surface area contributed by atoms with E-state index in [0.717, 1.165) is 41.5 Å². The fraction of sp³-hybridized carbons (Fsp3) is 0.238. The zero-order valence-electron chi connectivity index (χ0n) is 15.5. The van der Waals surface area contributed by atoms with Crippen molar-refractivity contribution in [3.05, 3.63) is 74.7 Å². The minimum Gasteiger partial charge on any atom is -0.278 e. The van der Waals surface area contributed by atoms with Crippen LogP contribution in [-0.2, 0) is 0 Å². The van der Waals surface area contributed by atoms with Crippen LogP contribution in [0.3, 0.4) is 0 Å². The number of benzene rings is 2. The highest BCUT2D eigenvalue weighted by molar-refractivity contribution is 9.10. The summed E-state index contributed by atoms with van der Waals surface area (Å²) in [5.41, 5.74) is 2.13. The van der Waals surface area contributed by atoms with Gasteiger partial charge >= 0.3 is 0 Å². The number of hydrogen-bond donors (Lipinski definition) is 0. The predicted molar refractivity (Wildman–Crippen MR) is 113 cm³/mol. The van der Waals surface area contributed by atoms with Gasteiger partial charge in [-0.1, -0.05) is 28.1 Å². The Balaban J connectivity index is 1.73. The van der Waals surface area contributed by atoms with Gasteiger partial charge in [0.25, 0.3) is 5.56 Å². The molecule has 0 bridgehead atoms. The van der Waals surface area contributed by atoms with E-state index in [9.17, 15) is 4.79 Å². The maximum absolute atomic E-state index is 12.7. The molecule has 3 heterocycles. The van der Waals surface area contributed by atoms with Crippen molar-refractivity contribution in [3.63, 3.8) is 0 Å². The maximum atomic E-state index is 12.7. The topological polar surface area (TPSA) is 79.2 Å². The van der Waals surface area contributed by atoms with Gasteiger partial charge in [-0.3, -0.25) is 14.1 Å². The molecule has 1 fully saturated rings. The van der Waals surface area contributed by atoms with Gasteiger partial charge in [-0.05, 0) is 48.7 Å². The van der Waals surface area contributed by atoms with Crippen molar-refractivity contribution in [1.82, 2.24) is 24.1 Å². The van der Waals surface area contributed by atoms with E-state index in [1.165, 1.54) is 0 Å². The van der Waals surface area contributed by atoms with E-state index in [-0.39, 0.29) is 11.7 Å². The third-order valence-electron chi connectivity index (χ3n) is 5.42. The SMILES string of the molecule is N#Cc1ccc(C(N2CCCC2)n2ncn3c4ccc(Br)cc4c(=O)nc23)cc1. The van der Waals surface area contributed by atoms with Gasteiger partial charge in [0.05, 0.1) is 22.5 Å². The summed E-state index contributed by atoms with van der Waals surface area (Å²) in [5.74, 6) is 0.506. The number of halogens is 1.